The summed E-state index contributed by atoms with van der Waals surface area (Å²) in [6, 6.07) is 7.62. The van der Waals surface area contributed by atoms with Crippen molar-refractivity contribution in [2.75, 3.05) is 6.61 Å². The van der Waals surface area contributed by atoms with Crippen LogP contribution in [-0.4, -0.2) is 37.6 Å². The molecule has 2 aromatic heterocycles. The van der Waals surface area contributed by atoms with Crippen LogP contribution in [0, 0.1) is 0 Å². The molecule has 0 radical (unpaired) electrons. The molecule has 0 aliphatic carbocycles. The number of nitrogens with one attached hydrogen (secondary N) is 1. The zero-order valence-corrected chi connectivity index (χ0v) is 11.4. The minimum Gasteiger partial charge on any atom is -0.478 e. The number of H-pyrrole nitrogens is 1. The summed E-state index contributed by atoms with van der Waals surface area (Å²) in [5, 5.41) is 25.9. The summed E-state index contributed by atoms with van der Waals surface area (Å²) in [5.41, 5.74) is 2.41. The maximum absolute atomic E-state index is 11.2. The number of carboxylic acid groups (broad SMARTS) is 1. The van der Waals surface area contributed by atoms with Crippen molar-refractivity contribution < 1.29 is 15.0 Å². The Kier molecular flexibility index (Phi) is 3.23. The van der Waals surface area contributed by atoms with Crippen LogP contribution in [0.25, 0.3) is 22.2 Å². The van der Waals surface area contributed by atoms with Gasteiger partial charge in [-0.1, -0.05) is 6.07 Å². The molecule has 0 bridgehead atoms. The Morgan fingerprint density at radius 3 is 2.95 bits per heavy atom. The molecular weight excluding hydrogens is 270 g/mol. The van der Waals surface area contributed by atoms with Gasteiger partial charge in [-0.2, -0.15) is 5.10 Å². The molecule has 108 valence electrons. The Hall–Kier alpha value is -2.60. The van der Waals surface area contributed by atoms with Gasteiger partial charge in [0.2, 0.25) is 0 Å². The van der Waals surface area contributed by atoms with Crippen LogP contribution in [0.15, 0.2) is 36.7 Å². The van der Waals surface area contributed by atoms with Crippen LogP contribution in [0.3, 0.4) is 0 Å². The van der Waals surface area contributed by atoms with E-state index in [2.05, 4.69) is 10.2 Å². The number of rotatable bonds is 4. The van der Waals surface area contributed by atoms with E-state index in [1.165, 1.54) is 6.20 Å². The van der Waals surface area contributed by atoms with Crippen LogP contribution in [0.2, 0.25) is 0 Å². The summed E-state index contributed by atoms with van der Waals surface area (Å²) in [5.74, 6) is -1.01. The Balaban J connectivity index is 2.10. The highest BCUT2D eigenvalue weighted by Gasteiger charge is 2.15. The molecule has 1 unspecified atom stereocenters. The number of benzene rings is 1. The van der Waals surface area contributed by atoms with Crippen molar-refractivity contribution >= 4 is 16.9 Å². The van der Waals surface area contributed by atoms with Gasteiger partial charge < -0.3 is 14.8 Å². The van der Waals surface area contributed by atoms with E-state index < -0.39 is 5.97 Å². The summed E-state index contributed by atoms with van der Waals surface area (Å²) < 4.78 is 1.99. The van der Waals surface area contributed by atoms with E-state index in [1.807, 2.05) is 42.0 Å². The first kappa shape index (κ1) is 13.4. The zero-order valence-electron chi connectivity index (χ0n) is 11.4. The van der Waals surface area contributed by atoms with Crippen LogP contribution in [0.1, 0.15) is 23.3 Å². The van der Waals surface area contributed by atoms with E-state index in [0.29, 0.717) is 5.69 Å². The summed E-state index contributed by atoms with van der Waals surface area (Å²) in [6.07, 6.45) is 3.22. The topological polar surface area (TPSA) is 91.1 Å². The second kappa shape index (κ2) is 5.06. The molecule has 1 aromatic carbocycles. The monoisotopic (exact) mass is 285 g/mol. The average Bonchev–Trinajstić information content (AvgIpc) is 3.12. The van der Waals surface area contributed by atoms with Crippen molar-refractivity contribution in [2.24, 2.45) is 0 Å². The SMILES string of the molecule is CC(CO)n1ccc2cc(-c3[nH]ncc3C(=O)O)ccc21. The summed E-state index contributed by atoms with van der Waals surface area (Å²) in [4.78, 5) is 11.2. The van der Waals surface area contributed by atoms with E-state index in [-0.39, 0.29) is 18.2 Å². The van der Waals surface area contributed by atoms with Gasteiger partial charge in [-0.3, -0.25) is 5.10 Å². The summed E-state index contributed by atoms with van der Waals surface area (Å²) >= 11 is 0. The lowest BCUT2D eigenvalue weighted by Crippen LogP contribution is -2.07. The van der Waals surface area contributed by atoms with Crippen LogP contribution in [0.5, 0.6) is 0 Å². The molecule has 0 amide bonds. The van der Waals surface area contributed by atoms with E-state index in [9.17, 15) is 9.90 Å². The molecule has 6 nitrogen and oxygen atoms in total. The van der Waals surface area contributed by atoms with E-state index in [1.54, 1.807) is 0 Å². The Bertz CT molecular complexity index is 803. The number of carboxylic acids is 1. The fourth-order valence-corrected chi connectivity index (χ4v) is 2.46. The smallest absolute Gasteiger partial charge is 0.339 e. The van der Waals surface area contributed by atoms with Crippen molar-refractivity contribution in [1.29, 1.82) is 0 Å². The zero-order chi connectivity index (χ0) is 15.0. The number of nitrogens with zero attached hydrogens (tertiary/aromatic N) is 2. The maximum atomic E-state index is 11.2. The van der Waals surface area contributed by atoms with E-state index in [4.69, 9.17) is 5.11 Å². The van der Waals surface area contributed by atoms with E-state index in [0.717, 1.165) is 16.5 Å². The van der Waals surface area contributed by atoms with E-state index >= 15 is 0 Å². The molecule has 0 fully saturated rings. The number of aromatic amines is 1. The average molecular weight is 285 g/mol. The van der Waals surface area contributed by atoms with Crippen molar-refractivity contribution in [3.63, 3.8) is 0 Å². The van der Waals surface area contributed by atoms with Crippen LogP contribution >= 0.6 is 0 Å². The first-order valence-electron chi connectivity index (χ1n) is 6.60. The molecule has 0 spiro atoms. The van der Waals surface area contributed by atoms with Gasteiger partial charge in [0.1, 0.15) is 5.56 Å². The third-order valence-corrected chi connectivity index (χ3v) is 3.62. The normalized spacial score (nSPS) is 12.7. The van der Waals surface area contributed by atoms with Gasteiger partial charge in [-0.25, -0.2) is 4.79 Å². The number of hydrogen-bond donors (Lipinski definition) is 3. The molecule has 1 atom stereocenters. The molecule has 3 N–H and O–H groups in total. The minimum absolute atomic E-state index is 0.00455. The first-order valence-corrected chi connectivity index (χ1v) is 6.60. The van der Waals surface area contributed by atoms with Crippen LogP contribution < -0.4 is 0 Å². The highest BCUT2D eigenvalue weighted by molar-refractivity contribution is 5.96. The number of carbonyl (C=O) groups is 1. The molecule has 0 saturated carbocycles. The van der Waals surface area contributed by atoms with Crippen molar-refractivity contribution in [3.8, 4) is 11.3 Å². The van der Waals surface area contributed by atoms with Gasteiger partial charge >= 0.3 is 5.97 Å². The maximum Gasteiger partial charge on any atom is 0.339 e. The number of hydrogen-bond acceptors (Lipinski definition) is 3. The second-order valence-corrected chi connectivity index (χ2v) is 4.99. The Morgan fingerprint density at radius 2 is 2.24 bits per heavy atom. The first-order chi connectivity index (χ1) is 10.1. The van der Waals surface area contributed by atoms with Crippen LogP contribution in [0.4, 0.5) is 0 Å². The Morgan fingerprint density at radius 1 is 1.43 bits per heavy atom. The van der Waals surface area contributed by atoms with Crippen molar-refractivity contribution in [3.05, 3.63) is 42.2 Å². The summed E-state index contributed by atoms with van der Waals surface area (Å²) in [7, 11) is 0. The molecule has 3 rings (SSSR count). The molecule has 0 saturated heterocycles. The predicted molar refractivity (Wildman–Crippen MR) is 78.3 cm³/mol. The lowest BCUT2D eigenvalue weighted by Gasteiger charge is -2.12. The highest BCUT2D eigenvalue weighted by Crippen LogP contribution is 2.27. The molecule has 2 heterocycles. The number of fused-ring (bicyclic) bond motifs is 1. The Labute approximate surface area is 120 Å². The van der Waals surface area contributed by atoms with Gasteiger partial charge in [-0.15, -0.1) is 0 Å². The van der Waals surface area contributed by atoms with Crippen LogP contribution in [-0.2, 0) is 0 Å². The predicted octanol–water partition coefficient (Wildman–Crippen LogP) is 2.28. The van der Waals surface area contributed by atoms with Crippen molar-refractivity contribution in [2.45, 2.75) is 13.0 Å². The number of aromatic nitrogens is 3. The molecule has 3 aromatic rings. The molecule has 21 heavy (non-hydrogen) atoms. The highest BCUT2D eigenvalue weighted by atomic mass is 16.4. The third kappa shape index (κ3) is 2.19. The fraction of sp³-hybridized carbons (Fsp3) is 0.200. The van der Waals surface area contributed by atoms with Gasteiger partial charge in [0.25, 0.3) is 0 Å². The molecule has 0 aliphatic rings. The second-order valence-electron chi connectivity index (χ2n) is 4.99. The number of aliphatic hydroxyl groups is 1. The van der Waals surface area contributed by atoms with Gasteiger partial charge in [0.05, 0.1) is 24.5 Å². The van der Waals surface area contributed by atoms with Gasteiger partial charge in [-0.05, 0) is 25.1 Å². The molecule has 0 aliphatic heterocycles. The summed E-state index contributed by atoms with van der Waals surface area (Å²) in [6.45, 7) is 2.00. The molecule has 6 heteroatoms. The number of aliphatic hydroxyl groups excluding tert-OH is 1. The lowest BCUT2D eigenvalue weighted by atomic mass is 10.1. The minimum atomic E-state index is -1.01. The standard InChI is InChI=1S/C15H15N3O3/c1-9(8-19)18-5-4-10-6-11(2-3-13(10)18)14-12(15(20)21)7-16-17-14/h2-7,9,19H,8H2,1H3,(H,16,17)(H,20,21). The molecular formula is C15H15N3O3. The van der Waals surface area contributed by atoms with Gasteiger partial charge in [0.15, 0.2) is 0 Å². The fourth-order valence-electron chi connectivity index (χ4n) is 2.46. The van der Waals surface area contributed by atoms with Gasteiger partial charge in [0, 0.05) is 22.7 Å². The number of aromatic carboxylic acids is 1. The van der Waals surface area contributed by atoms with Crippen molar-refractivity contribution in [1.82, 2.24) is 14.8 Å². The lowest BCUT2D eigenvalue weighted by molar-refractivity contribution is 0.0698. The third-order valence-electron chi connectivity index (χ3n) is 3.62. The largest absolute Gasteiger partial charge is 0.478 e. The quantitative estimate of drug-likeness (QED) is 0.686.